The topological polar surface area (TPSA) is 70.2 Å². The van der Waals surface area contributed by atoms with E-state index in [2.05, 4.69) is 16.6 Å². The van der Waals surface area contributed by atoms with Gasteiger partial charge in [0.2, 0.25) is 5.91 Å². The number of amides is 1. The fourth-order valence-corrected chi connectivity index (χ4v) is 3.42. The van der Waals surface area contributed by atoms with Crippen molar-refractivity contribution in [2.75, 3.05) is 0 Å². The molecule has 1 heterocycles. The molecule has 0 unspecified atom stereocenters. The number of carbonyl (C=O) groups is 1. The third-order valence-electron chi connectivity index (χ3n) is 4.68. The number of benzene rings is 3. The van der Waals surface area contributed by atoms with Gasteiger partial charge in [0.1, 0.15) is 6.54 Å². The summed E-state index contributed by atoms with van der Waals surface area (Å²) >= 11 is 0. The van der Waals surface area contributed by atoms with E-state index in [0.717, 1.165) is 32.8 Å². The van der Waals surface area contributed by atoms with Crippen LogP contribution < -0.4 is 5.43 Å². The van der Waals surface area contributed by atoms with Crippen LogP contribution in [0.2, 0.25) is 0 Å². The monoisotopic (exact) mass is 366 g/mol. The molecular weight excluding hydrogens is 348 g/mol. The number of para-hydroxylation sites is 1. The number of nitriles is 1. The van der Waals surface area contributed by atoms with Crippen LogP contribution in [-0.4, -0.2) is 16.7 Å². The zero-order chi connectivity index (χ0) is 19.3. The van der Waals surface area contributed by atoms with Gasteiger partial charge in [-0.15, -0.1) is 0 Å². The molecule has 1 aromatic heterocycles. The molecule has 0 aliphatic heterocycles. The largest absolute Gasteiger partial charge is 0.333 e. The second-order valence-corrected chi connectivity index (χ2v) is 6.50. The third kappa shape index (κ3) is 3.49. The fraction of sp³-hybridized carbons (Fsp3) is 0.0870. The van der Waals surface area contributed by atoms with Crippen LogP contribution >= 0.6 is 0 Å². The lowest BCUT2D eigenvalue weighted by atomic mass is 10.0. The normalized spacial score (nSPS) is 11.1. The Morgan fingerprint density at radius 3 is 2.64 bits per heavy atom. The highest BCUT2D eigenvalue weighted by molar-refractivity contribution is 6.00. The van der Waals surface area contributed by atoms with E-state index in [-0.39, 0.29) is 18.9 Å². The van der Waals surface area contributed by atoms with Crippen molar-refractivity contribution >= 4 is 33.8 Å². The van der Waals surface area contributed by atoms with Crippen molar-refractivity contribution in [3.8, 4) is 6.07 Å². The van der Waals surface area contributed by atoms with Crippen LogP contribution in [0.4, 0.5) is 0 Å². The highest BCUT2D eigenvalue weighted by atomic mass is 16.2. The number of hydrogen-bond acceptors (Lipinski definition) is 3. The van der Waals surface area contributed by atoms with Crippen LogP contribution in [0.1, 0.15) is 11.1 Å². The Balaban J connectivity index is 1.50. The average Bonchev–Trinajstić information content (AvgIpc) is 3.06. The Labute approximate surface area is 162 Å². The van der Waals surface area contributed by atoms with E-state index in [9.17, 15) is 4.79 Å². The minimum Gasteiger partial charge on any atom is -0.333 e. The molecule has 3 aromatic carbocycles. The summed E-state index contributed by atoms with van der Waals surface area (Å²) in [6.07, 6.45) is 3.75. The van der Waals surface area contributed by atoms with Crippen LogP contribution in [0.3, 0.4) is 0 Å². The standard InChI is InChI=1S/C23H18N4O/c24-12-13-27-16-19(21-10-3-4-11-22(21)27)15-25-26-23(28)14-18-8-5-7-17-6-1-2-9-20(17)18/h1-11,15-16H,13-14H2,(H,26,28)/b25-15-. The zero-order valence-corrected chi connectivity index (χ0v) is 15.2. The van der Waals surface area contributed by atoms with Gasteiger partial charge in [0, 0.05) is 22.7 Å². The molecule has 0 spiro atoms. The molecule has 0 saturated heterocycles. The van der Waals surface area contributed by atoms with E-state index < -0.39 is 0 Å². The van der Waals surface area contributed by atoms with E-state index in [0.29, 0.717) is 0 Å². The van der Waals surface area contributed by atoms with Gasteiger partial charge in [-0.2, -0.15) is 10.4 Å². The zero-order valence-electron chi connectivity index (χ0n) is 15.2. The Kier molecular flexibility index (Phi) is 4.85. The van der Waals surface area contributed by atoms with E-state index in [1.54, 1.807) is 6.21 Å². The van der Waals surface area contributed by atoms with E-state index >= 15 is 0 Å². The molecule has 5 heteroatoms. The average molecular weight is 366 g/mol. The molecular formula is C23H18N4O. The van der Waals surface area contributed by atoms with Gasteiger partial charge in [0.15, 0.2) is 0 Å². The first-order valence-corrected chi connectivity index (χ1v) is 8.99. The minimum atomic E-state index is -0.173. The van der Waals surface area contributed by atoms with Gasteiger partial charge in [-0.3, -0.25) is 4.79 Å². The third-order valence-corrected chi connectivity index (χ3v) is 4.68. The Morgan fingerprint density at radius 2 is 1.79 bits per heavy atom. The first-order valence-electron chi connectivity index (χ1n) is 8.99. The predicted molar refractivity (Wildman–Crippen MR) is 111 cm³/mol. The number of fused-ring (bicyclic) bond motifs is 2. The van der Waals surface area contributed by atoms with Gasteiger partial charge in [-0.05, 0) is 22.4 Å². The van der Waals surface area contributed by atoms with Crippen LogP contribution in [0, 0.1) is 11.3 Å². The number of hydrogen-bond donors (Lipinski definition) is 1. The maximum absolute atomic E-state index is 12.3. The Morgan fingerprint density at radius 1 is 1.04 bits per heavy atom. The molecule has 0 aliphatic rings. The lowest BCUT2D eigenvalue weighted by molar-refractivity contribution is -0.120. The van der Waals surface area contributed by atoms with Gasteiger partial charge >= 0.3 is 0 Å². The number of rotatable bonds is 5. The predicted octanol–water partition coefficient (Wildman–Crippen LogP) is 4.01. The van der Waals surface area contributed by atoms with Crippen LogP contribution in [0.5, 0.6) is 0 Å². The summed E-state index contributed by atoms with van der Waals surface area (Å²) in [6.45, 7) is 0.266. The van der Waals surface area contributed by atoms with Crippen molar-refractivity contribution in [1.29, 1.82) is 5.26 Å². The molecule has 0 aliphatic carbocycles. The molecule has 28 heavy (non-hydrogen) atoms. The highest BCUT2D eigenvalue weighted by Crippen LogP contribution is 2.20. The number of aromatic nitrogens is 1. The molecule has 0 fully saturated rings. The summed E-state index contributed by atoms with van der Waals surface area (Å²) in [5.41, 5.74) is 5.40. The van der Waals surface area contributed by atoms with E-state index in [1.807, 2.05) is 77.5 Å². The SMILES string of the molecule is N#CCn1cc(/C=N\NC(=O)Cc2cccc3ccccc23)c2ccccc21. The van der Waals surface area contributed by atoms with Crippen LogP contribution in [0.25, 0.3) is 21.7 Å². The van der Waals surface area contributed by atoms with Crippen molar-refractivity contribution in [2.24, 2.45) is 5.10 Å². The fourth-order valence-electron chi connectivity index (χ4n) is 3.42. The Bertz CT molecular complexity index is 1230. The second kappa shape index (κ2) is 7.77. The van der Waals surface area contributed by atoms with Crippen molar-refractivity contribution in [1.82, 2.24) is 9.99 Å². The smallest absolute Gasteiger partial charge is 0.244 e. The summed E-state index contributed by atoms with van der Waals surface area (Å²) in [6, 6.07) is 23.9. The molecule has 0 bridgehead atoms. The van der Waals surface area contributed by atoms with Crippen LogP contribution in [0.15, 0.2) is 78.0 Å². The van der Waals surface area contributed by atoms with Crippen molar-refractivity contribution in [3.05, 3.63) is 84.1 Å². The van der Waals surface area contributed by atoms with Gasteiger partial charge < -0.3 is 4.57 Å². The Hall–Kier alpha value is -3.91. The molecule has 0 saturated carbocycles. The van der Waals surface area contributed by atoms with Crippen LogP contribution in [-0.2, 0) is 17.8 Å². The molecule has 1 amide bonds. The summed E-state index contributed by atoms with van der Waals surface area (Å²) in [7, 11) is 0. The summed E-state index contributed by atoms with van der Waals surface area (Å²) < 4.78 is 1.87. The molecule has 1 N–H and O–H groups in total. The molecule has 0 atom stereocenters. The number of carbonyl (C=O) groups excluding carboxylic acids is 1. The van der Waals surface area contributed by atoms with Crippen molar-refractivity contribution < 1.29 is 4.79 Å². The lowest BCUT2D eigenvalue weighted by Crippen LogP contribution is -2.19. The molecule has 4 aromatic rings. The number of hydrazone groups is 1. The van der Waals surface area contributed by atoms with Gasteiger partial charge in [0.25, 0.3) is 0 Å². The summed E-state index contributed by atoms with van der Waals surface area (Å²) in [4.78, 5) is 12.3. The molecule has 136 valence electrons. The highest BCUT2D eigenvalue weighted by Gasteiger charge is 2.08. The molecule has 5 nitrogen and oxygen atoms in total. The lowest BCUT2D eigenvalue weighted by Gasteiger charge is -2.05. The van der Waals surface area contributed by atoms with Crippen molar-refractivity contribution in [3.63, 3.8) is 0 Å². The first kappa shape index (κ1) is 17.5. The number of nitrogens with zero attached hydrogens (tertiary/aromatic N) is 3. The number of nitrogens with one attached hydrogen (secondary N) is 1. The molecule has 0 radical (unpaired) electrons. The van der Waals surface area contributed by atoms with Crippen molar-refractivity contribution in [2.45, 2.75) is 13.0 Å². The van der Waals surface area contributed by atoms with E-state index in [1.165, 1.54) is 0 Å². The second-order valence-electron chi connectivity index (χ2n) is 6.50. The maximum Gasteiger partial charge on any atom is 0.244 e. The van der Waals surface area contributed by atoms with Gasteiger partial charge in [0.05, 0.1) is 18.7 Å². The van der Waals surface area contributed by atoms with E-state index in [4.69, 9.17) is 5.26 Å². The molecule has 4 rings (SSSR count). The van der Waals surface area contributed by atoms with Gasteiger partial charge in [-0.25, -0.2) is 5.43 Å². The minimum absolute atomic E-state index is 0.173. The summed E-state index contributed by atoms with van der Waals surface area (Å²) in [5, 5.41) is 16.3. The quantitative estimate of drug-likeness (QED) is 0.428. The summed E-state index contributed by atoms with van der Waals surface area (Å²) in [5.74, 6) is -0.173. The van der Waals surface area contributed by atoms with Gasteiger partial charge in [-0.1, -0.05) is 60.7 Å². The first-order chi connectivity index (χ1) is 13.8. The maximum atomic E-state index is 12.3.